The molecular weight excluding hydrogens is 444 g/mol. The topological polar surface area (TPSA) is 89.8 Å². The maximum absolute atomic E-state index is 13.1. The molecule has 0 N–H and O–H groups in total. The van der Waals surface area contributed by atoms with Gasteiger partial charge in [0.1, 0.15) is 5.75 Å². The number of hydrogen-bond donors (Lipinski definition) is 0. The Morgan fingerprint density at radius 3 is 2.58 bits per heavy atom. The first-order valence-corrected chi connectivity index (χ1v) is 10.8. The molecule has 0 saturated carbocycles. The summed E-state index contributed by atoms with van der Waals surface area (Å²) in [7, 11) is -2.25. The molecule has 0 aromatic heterocycles. The molecule has 3 rings (SSSR count). The van der Waals surface area contributed by atoms with Gasteiger partial charge in [0.05, 0.1) is 22.3 Å². The van der Waals surface area contributed by atoms with Gasteiger partial charge in [0.2, 0.25) is 10.0 Å². The second-order valence-corrected chi connectivity index (χ2v) is 9.47. The lowest BCUT2D eigenvalue weighted by Crippen LogP contribution is -2.30. The van der Waals surface area contributed by atoms with Crippen molar-refractivity contribution < 1.29 is 18.1 Å². The largest absolute Gasteiger partial charge is 0.496 e. The van der Waals surface area contributed by atoms with Crippen molar-refractivity contribution in [2.24, 2.45) is 0 Å². The molecule has 26 heavy (non-hydrogen) atoms. The van der Waals surface area contributed by atoms with Crippen molar-refractivity contribution in [2.45, 2.75) is 10.3 Å². The summed E-state index contributed by atoms with van der Waals surface area (Å²) in [5.41, 5.74) is 0.611. The van der Waals surface area contributed by atoms with Gasteiger partial charge in [-0.25, -0.2) is 8.42 Å². The van der Waals surface area contributed by atoms with E-state index in [2.05, 4.69) is 15.9 Å². The number of non-ortho nitro benzene ring substituents is 1. The van der Waals surface area contributed by atoms with Crippen molar-refractivity contribution in [3.63, 3.8) is 0 Å². The number of rotatable bonds is 5. The third-order valence-electron chi connectivity index (χ3n) is 3.96. The van der Waals surface area contributed by atoms with Crippen molar-refractivity contribution in [2.75, 3.05) is 19.4 Å². The summed E-state index contributed by atoms with van der Waals surface area (Å²) in [6.45, 7) is 0.352. The van der Waals surface area contributed by atoms with Crippen molar-refractivity contribution in [1.29, 1.82) is 0 Å². The Bertz CT molecular complexity index is 934. The third kappa shape index (κ3) is 3.59. The first-order chi connectivity index (χ1) is 12.3. The van der Waals surface area contributed by atoms with Gasteiger partial charge in [-0.05, 0) is 30.3 Å². The van der Waals surface area contributed by atoms with Crippen LogP contribution in [0.5, 0.6) is 5.75 Å². The molecule has 0 aliphatic carbocycles. The SMILES string of the molecule is COc1ccc(Br)cc1[C@@H]1SCCN1S(=O)(=O)c1ccc([N+](=O)[O-])cc1. The average Bonchev–Trinajstić information content (AvgIpc) is 3.12. The van der Waals surface area contributed by atoms with E-state index >= 15 is 0 Å². The molecule has 0 radical (unpaired) electrons. The van der Waals surface area contributed by atoms with E-state index in [-0.39, 0.29) is 10.6 Å². The fourth-order valence-corrected chi connectivity index (χ4v) is 6.34. The van der Waals surface area contributed by atoms with Crippen LogP contribution in [0.25, 0.3) is 0 Å². The molecule has 1 heterocycles. The third-order valence-corrected chi connectivity index (χ3v) is 7.71. The van der Waals surface area contributed by atoms with Gasteiger partial charge < -0.3 is 4.74 Å². The fraction of sp³-hybridized carbons (Fsp3) is 0.250. The maximum atomic E-state index is 13.1. The number of halogens is 1. The molecule has 1 aliphatic heterocycles. The number of methoxy groups -OCH3 is 1. The van der Waals surface area contributed by atoms with Gasteiger partial charge in [-0.15, -0.1) is 11.8 Å². The number of sulfonamides is 1. The fourth-order valence-electron chi connectivity index (χ4n) is 2.72. The molecule has 2 aromatic rings. The van der Waals surface area contributed by atoms with E-state index in [4.69, 9.17) is 4.74 Å². The number of hydrogen-bond acceptors (Lipinski definition) is 6. The van der Waals surface area contributed by atoms with E-state index in [1.807, 2.05) is 12.1 Å². The summed E-state index contributed by atoms with van der Waals surface area (Å²) < 4.78 is 33.8. The Morgan fingerprint density at radius 1 is 1.27 bits per heavy atom. The molecule has 1 saturated heterocycles. The van der Waals surface area contributed by atoms with Gasteiger partial charge in [0.25, 0.3) is 5.69 Å². The van der Waals surface area contributed by atoms with E-state index in [1.165, 1.54) is 40.3 Å². The number of benzene rings is 2. The highest BCUT2D eigenvalue weighted by Crippen LogP contribution is 2.45. The lowest BCUT2D eigenvalue weighted by Gasteiger charge is -2.25. The molecule has 2 aromatic carbocycles. The number of thioether (sulfide) groups is 1. The summed E-state index contributed by atoms with van der Waals surface area (Å²) in [4.78, 5) is 10.3. The monoisotopic (exact) mass is 458 g/mol. The van der Waals surface area contributed by atoms with Crippen LogP contribution < -0.4 is 4.74 Å². The average molecular weight is 459 g/mol. The van der Waals surface area contributed by atoms with E-state index in [1.54, 1.807) is 13.2 Å². The maximum Gasteiger partial charge on any atom is 0.269 e. The first kappa shape index (κ1) is 19.2. The molecule has 1 atom stereocenters. The standard InChI is InChI=1S/C16H15BrN2O5S2/c1-24-15-7-2-11(17)10-14(15)16-18(8-9-25-16)26(22,23)13-5-3-12(4-6-13)19(20)21/h2-7,10,16H,8-9H2,1H3/t16-/m0/s1. The zero-order chi connectivity index (χ0) is 18.9. The van der Waals surface area contributed by atoms with Crippen LogP contribution in [-0.4, -0.2) is 37.1 Å². The molecule has 0 spiro atoms. The van der Waals surface area contributed by atoms with Gasteiger partial charge in [-0.3, -0.25) is 10.1 Å². The highest BCUT2D eigenvalue weighted by Gasteiger charge is 2.38. The van der Waals surface area contributed by atoms with Gasteiger partial charge in [0.15, 0.2) is 0 Å². The van der Waals surface area contributed by atoms with Crippen LogP contribution in [-0.2, 0) is 10.0 Å². The highest BCUT2D eigenvalue weighted by molar-refractivity contribution is 9.10. The van der Waals surface area contributed by atoms with E-state index < -0.39 is 20.3 Å². The Balaban J connectivity index is 1.99. The molecular formula is C16H15BrN2O5S2. The molecule has 0 amide bonds. The minimum absolute atomic E-state index is 0.0320. The van der Waals surface area contributed by atoms with E-state index in [0.29, 0.717) is 18.0 Å². The molecule has 1 fully saturated rings. The summed E-state index contributed by atoms with van der Waals surface area (Å²) in [6, 6.07) is 10.4. The van der Waals surface area contributed by atoms with Crippen molar-refractivity contribution in [3.8, 4) is 5.75 Å². The van der Waals surface area contributed by atoms with Gasteiger partial charge in [-0.2, -0.15) is 4.31 Å². The van der Waals surface area contributed by atoms with Gasteiger partial charge >= 0.3 is 0 Å². The number of nitro benzene ring substituents is 1. The van der Waals surface area contributed by atoms with Crippen LogP contribution in [0.2, 0.25) is 0 Å². The number of nitrogens with zero attached hydrogens (tertiary/aromatic N) is 2. The quantitative estimate of drug-likeness (QED) is 0.499. The summed E-state index contributed by atoms with van der Waals surface area (Å²) in [6.07, 6.45) is 0. The predicted molar refractivity (Wildman–Crippen MR) is 103 cm³/mol. The smallest absolute Gasteiger partial charge is 0.269 e. The van der Waals surface area contributed by atoms with Crippen LogP contribution in [0.3, 0.4) is 0 Å². The molecule has 0 unspecified atom stereocenters. The van der Waals surface area contributed by atoms with Crippen LogP contribution in [0, 0.1) is 10.1 Å². The Morgan fingerprint density at radius 2 is 1.96 bits per heavy atom. The molecule has 138 valence electrons. The van der Waals surface area contributed by atoms with Crippen molar-refractivity contribution >= 4 is 43.4 Å². The Hall–Kier alpha value is -1.62. The highest BCUT2D eigenvalue weighted by atomic mass is 79.9. The minimum atomic E-state index is -3.80. The van der Waals surface area contributed by atoms with E-state index in [9.17, 15) is 18.5 Å². The second-order valence-electron chi connectivity index (χ2n) is 5.48. The number of ether oxygens (including phenoxy) is 1. The van der Waals surface area contributed by atoms with Crippen molar-refractivity contribution in [3.05, 3.63) is 62.6 Å². The van der Waals surface area contributed by atoms with Gasteiger partial charge in [-0.1, -0.05) is 15.9 Å². The normalized spacial score (nSPS) is 18.0. The zero-order valence-corrected chi connectivity index (χ0v) is 16.9. The zero-order valence-electron chi connectivity index (χ0n) is 13.7. The van der Waals surface area contributed by atoms with Crippen LogP contribution in [0.4, 0.5) is 5.69 Å². The van der Waals surface area contributed by atoms with Crippen LogP contribution in [0.15, 0.2) is 51.8 Å². The van der Waals surface area contributed by atoms with Crippen LogP contribution >= 0.6 is 27.7 Å². The predicted octanol–water partition coefficient (Wildman–Crippen LogP) is 3.80. The summed E-state index contributed by atoms with van der Waals surface area (Å²) >= 11 is 4.92. The van der Waals surface area contributed by atoms with Crippen LogP contribution in [0.1, 0.15) is 10.9 Å². The molecule has 7 nitrogen and oxygen atoms in total. The Kier molecular flexibility index (Phi) is 5.56. The summed E-state index contributed by atoms with van der Waals surface area (Å²) in [5.74, 6) is 1.25. The van der Waals surface area contributed by atoms with Crippen molar-refractivity contribution in [1.82, 2.24) is 4.31 Å². The number of nitro groups is 1. The molecule has 1 aliphatic rings. The van der Waals surface area contributed by atoms with E-state index in [0.717, 1.165) is 10.0 Å². The molecule has 10 heteroatoms. The lowest BCUT2D eigenvalue weighted by atomic mass is 10.2. The summed E-state index contributed by atoms with van der Waals surface area (Å²) in [5, 5.41) is 10.4. The first-order valence-electron chi connectivity index (χ1n) is 7.56. The lowest BCUT2D eigenvalue weighted by molar-refractivity contribution is -0.384. The second kappa shape index (κ2) is 7.55. The molecule has 0 bridgehead atoms. The Labute approximate surface area is 163 Å². The van der Waals surface area contributed by atoms with Gasteiger partial charge in [0, 0.05) is 34.5 Å². The minimum Gasteiger partial charge on any atom is -0.496 e.